The average molecular weight is 808 g/mol. The average Bonchev–Trinajstić information content (AvgIpc) is 3.15. The molecule has 1 saturated heterocycles. The summed E-state index contributed by atoms with van der Waals surface area (Å²) in [5.74, 6) is -0.262. The Labute approximate surface area is 334 Å². The third kappa shape index (κ3) is 27.2. The maximum atomic E-state index is 13.0. The Morgan fingerprint density at radius 2 is 1.15 bits per heavy atom. The van der Waals surface area contributed by atoms with Crippen molar-refractivity contribution >= 4 is 16.3 Å². The predicted molar refractivity (Wildman–Crippen MR) is 218 cm³/mol. The third-order valence-corrected chi connectivity index (χ3v) is 11.0. The van der Waals surface area contributed by atoms with Crippen molar-refractivity contribution in [3.63, 3.8) is 0 Å². The van der Waals surface area contributed by atoms with Gasteiger partial charge < -0.3 is 35.2 Å². The summed E-state index contributed by atoms with van der Waals surface area (Å²) in [7, 11) is -5.08. The molecule has 1 aliphatic heterocycles. The van der Waals surface area contributed by atoms with Crippen molar-refractivity contribution in [3.8, 4) is 0 Å². The smallest absolute Gasteiger partial charge is 0.394 e. The fourth-order valence-corrected chi connectivity index (χ4v) is 7.61. The van der Waals surface area contributed by atoms with E-state index in [1.807, 2.05) is 6.08 Å². The lowest BCUT2D eigenvalue weighted by atomic mass is 9.99. The molecule has 12 nitrogen and oxygen atoms in total. The van der Waals surface area contributed by atoms with Gasteiger partial charge in [0.1, 0.15) is 24.4 Å². The van der Waals surface area contributed by atoms with Crippen LogP contribution in [0.15, 0.2) is 12.2 Å². The van der Waals surface area contributed by atoms with Crippen LogP contribution in [0.4, 0.5) is 0 Å². The standard InChI is InChI=1S/C42H81NO11S/c1-3-5-7-9-11-13-15-17-18-20-22-24-26-28-30-32-38(46)43-35(36(45)31-29-27-25-23-21-19-16-14-12-10-8-6-4-2)34-52-42-40(48)41(54-55(49,50)51)39(47)37(33-44)53-42/h29,31,35-37,39-42,44-45,47-48H,3-28,30,32-34H2,1-2H3,(H,43,46)(H,49,50,51)/b31-29+/t35-,36+,37+,39-,40+,41-,42+/m0/s1. The molecule has 0 aromatic carbocycles. The molecular formula is C42H81NO11S. The first-order valence-corrected chi connectivity index (χ1v) is 23.4. The molecule has 0 saturated carbocycles. The second kappa shape index (κ2) is 33.8. The zero-order valence-corrected chi connectivity index (χ0v) is 35.3. The molecular weight excluding hydrogens is 727 g/mol. The molecule has 1 fully saturated rings. The summed E-state index contributed by atoms with van der Waals surface area (Å²) in [5.41, 5.74) is 0. The minimum absolute atomic E-state index is 0.262. The van der Waals surface area contributed by atoms with Crippen molar-refractivity contribution in [2.45, 2.75) is 236 Å². The number of allylic oxidation sites excluding steroid dienone is 1. The van der Waals surface area contributed by atoms with Gasteiger partial charge >= 0.3 is 10.4 Å². The van der Waals surface area contributed by atoms with Gasteiger partial charge in [-0.1, -0.05) is 180 Å². The lowest BCUT2D eigenvalue weighted by Gasteiger charge is -2.41. The molecule has 0 bridgehead atoms. The molecule has 0 spiro atoms. The maximum absolute atomic E-state index is 13.0. The number of amides is 1. The molecule has 1 amide bonds. The van der Waals surface area contributed by atoms with E-state index in [0.29, 0.717) is 6.42 Å². The summed E-state index contributed by atoms with van der Waals surface area (Å²) in [6, 6.07) is -0.936. The SMILES string of the molecule is CCCCCCCCCCCCC/C=C/[C@@H](O)[C@H](CO[C@@H]1O[C@H](CO)[C@H](O)[C@H](OS(=O)(=O)O)[C@H]1O)NC(=O)CCCCCCCCCCCCCCCCC. The summed E-state index contributed by atoms with van der Waals surface area (Å²) in [6.45, 7) is 3.37. The summed E-state index contributed by atoms with van der Waals surface area (Å²) < 4.78 is 47.5. The number of nitrogens with one attached hydrogen (secondary N) is 1. The van der Waals surface area contributed by atoms with Gasteiger partial charge in [-0.2, -0.15) is 8.42 Å². The summed E-state index contributed by atoms with van der Waals surface area (Å²) in [4.78, 5) is 13.0. The van der Waals surface area contributed by atoms with Gasteiger partial charge in [0.2, 0.25) is 5.91 Å². The number of carbonyl (C=O) groups excluding carboxylic acids is 1. The number of hydrogen-bond acceptors (Lipinski definition) is 10. The van der Waals surface area contributed by atoms with Crippen LogP contribution in [-0.4, -0.2) is 95.4 Å². The molecule has 1 heterocycles. The number of aliphatic hydroxyl groups excluding tert-OH is 4. The van der Waals surface area contributed by atoms with Crippen LogP contribution in [0.5, 0.6) is 0 Å². The lowest BCUT2D eigenvalue weighted by Crippen LogP contribution is -2.61. The van der Waals surface area contributed by atoms with E-state index in [-0.39, 0.29) is 18.9 Å². The van der Waals surface area contributed by atoms with Crippen LogP contribution in [-0.2, 0) is 28.9 Å². The van der Waals surface area contributed by atoms with Crippen LogP contribution in [0.25, 0.3) is 0 Å². The first-order valence-electron chi connectivity index (χ1n) is 22.1. The molecule has 0 radical (unpaired) electrons. The number of carbonyl (C=O) groups is 1. The van der Waals surface area contributed by atoms with Crippen molar-refractivity contribution in [3.05, 3.63) is 12.2 Å². The minimum atomic E-state index is -5.08. The Balaban J connectivity index is 2.55. The van der Waals surface area contributed by atoms with Gasteiger partial charge in [0, 0.05) is 6.42 Å². The van der Waals surface area contributed by atoms with Crippen molar-refractivity contribution < 1.29 is 51.8 Å². The maximum Gasteiger partial charge on any atom is 0.397 e. The third-order valence-electron chi connectivity index (χ3n) is 10.6. The van der Waals surface area contributed by atoms with E-state index in [9.17, 15) is 33.6 Å². The second-order valence-electron chi connectivity index (χ2n) is 15.6. The fourth-order valence-electron chi connectivity index (χ4n) is 7.10. The Morgan fingerprint density at radius 3 is 1.58 bits per heavy atom. The molecule has 0 aliphatic carbocycles. The van der Waals surface area contributed by atoms with Crippen LogP contribution < -0.4 is 5.32 Å². The molecule has 55 heavy (non-hydrogen) atoms. The Morgan fingerprint density at radius 1 is 0.709 bits per heavy atom. The van der Waals surface area contributed by atoms with Crippen LogP contribution in [0.3, 0.4) is 0 Å². The zero-order chi connectivity index (χ0) is 40.6. The minimum Gasteiger partial charge on any atom is -0.394 e. The van der Waals surface area contributed by atoms with Gasteiger partial charge in [-0.25, -0.2) is 4.18 Å². The monoisotopic (exact) mass is 808 g/mol. The lowest BCUT2D eigenvalue weighted by molar-refractivity contribution is -0.298. The largest absolute Gasteiger partial charge is 0.397 e. The van der Waals surface area contributed by atoms with E-state index in [2.05, 4.69) is 23.3 Å². The van der Waals surface area contributed by atoms with Crippen LogP contribution >= 0.6 is 0 Å². The van der Waals surface area contributed by atoms with Gasteiger partial charge in [-0.15, -0.1) is 0 Å². The zero-order valence-electron chi connectivity index (χ0n) is 34.5. The van der Waals surface area contributed by atoms with Crippen molar-refractivity contribution in [2.24, 2.45) is 0 Å². The molecule has 1 aliphatic rings. The molecule has 326 valence electrons. The molecule has 7 atom stereocenters. The van der Waals surface area contributed by atoms with E-state index in [0.717, 1.165) is 38.5 Å². The van der Waals surface area contributed by atoms with E-state index >= 15 is 0 Å². The molecule has 1 rings (SSSR count). The molecule has 13 heteroatoms. The highest BCUT2D eigenvalue weighted by Crippen LogP contribution is 2.26. The summed E-state index contributed by atoms with van der Waals surface area (Å²) >= 11 is 0. The van der Waals surface area contributed by atoms with Crippen molar-refractivity contribution in [1.82, 2.24) is 5.32 Å². The Hall–Kier alpha value is -1.16. The second-order valence-corrected chi connectivity index (χ2v) is 16.7. The van der Waals surface area contributed by atoms with E-state index in [1.54, 1.807) is 6.08 Å². The predicted octanol–water partition coefficient (Wildman–Crippen LogP) is 7.99. The van der Waals surface area contributed by atoms with Gasteiger partial charge in [0.05, 0.1) is 25.4 Å². The van der Waals surface area contributed by atoms with Gasteiger partial charge in [0.15, 0.2) is 6.29 Å². The first kappa shape index (κ1) is 51.9. The van der Waals surface area contributed by atoms with E-state index in [1.165, 1.54) is 128 Å². The normalized spacial score (nSPS) is 21.6. The van der Waals surface area contributed by atoms with E-state index < -0.39 is 59.9 Å². The van der Waals surface area contributed by atoms with Gasteiger partial charge in [-0.05, 0) is 19.3 Å². The van der Waals surface area contributed by atoms with Crippen LogP contribution in [0, 0.1) is 0 Å². The number of hydrogen-bond donors (Lipinski definition) is 6. The fraction of sp³-hybridized carbons (Fsp3) is 0.929. The summed E-state index contributed by atoms with van der Waals surface area (Å²) in [6.07, 6.45) is 26.8. The highest BCUT2D eigenvalue weighted by molar-refractivity contribution is 7.80. The van der Waals surface area contributed by atoms with E-state index in [4.69, 9.17) is 14.0 Å². The first-order chi connectivity index (χ1) is 26.5. The van der Waals surface area contributed by atoms with Crippen LogP contribution in [0.1, 0.15) is 194 Å². The highest BCUT2D eigenvalue weighted by Gasteiger charge is 2.48. The Kier molecular flexibility index (Phi) is 31.8. The molecule has 6 N–H and O–H groups in total. The van der Waals surface area contributed by atoms with Crippen molar-refractivity contribution in [1.29, 1.82) is 0 Å². The van der Waals surface area contributed by atoms with Crippen molar-refractivity contribution in [2.75, 3.05) is 13.2 Å². The molecule has 0 aromatic rings. The van der Waals surface area contributed by atoms with Gasteiger partial charge in [-0.3, -0.25) is 9.35 Å². The number of unbranched alkanes of at least 4 members (excludes halogenated alkanes) is 25. The van der Waals surface area contributed by atoms with Gasteiger partial charge in [0.25, 0.3) is 0 Å². The topological polar surface area (TPSA) is 192 Å². The number of ether oxygens (including phenoxy) is 2. The number of rotatable bonds is 37. The number of aliphatic hydroxyl groups is 4. The Bertz CT molecular complexity index is 1050. The quantitative estimate of drug-likeness (QED) is 0.0203. The molecule has 0 unspecified atom stereocenters. The highest BCUT2D eigenvalue weighted by atomic mass is 32.3. The molecule has 0 aromatic heterocycles. The summed E-state index contributed by atoms with van der Waals surface area (Å²) in [5, 5.41) is 44.6. The van der Waals surface area contributed by atoms with Crippen LogP contribution in [0.2, 0.25) is 0 Å².